The topological polar surface area (TPSA) is 128 Å². The van der Waals surface area contributed by atoms with Gasteiger partial charge in [-0.1, -0.05) is 60.7 Å². The second-order valence-corrected chi connectivity index (χ2v) is 9.20. The highest BCUT2D eigenvalue weighted by Gasteiger charge is 2.72. The number of rotatable bonds is 7. The summed E-state index contributed by atoms with van der Waals surface area (Å²) in [6, 6.07) is 19.5. The molecule has 0 unspecified atom stereocenters. The smallest absolute Gasteiger partial charge is 0.309 e. The van der Waals surface area contributed by atoms with Crippen molar-refractivity contribution in [3.8, 4) is 0 Å². The number of aromatic amines is 1. The lowest BCUT2D eigenvalue weighted by Crippen LogP contribution is -2.77. The van der Waals surface area contributed by atoms with E-state index in [9.17, 15) is 24.3 Å². The van der Waals surface area contributed by atoms with Gasteiger partial charge in [-0.05, 0) is 30.4 Å². The van der Waals surface area contributed by atoms with Gasteiger partial charge in [0, 0.05) is 17.8 Å². The zero-order valence-corrected chi connectivity index (χ0v) is 18.2. The van der Waals surface area contributed by atoms with Crippen LogP contribution >= 0.6 is 0 Å². The number of hydrogen-bond donors (Lipinski definition) is 4. The van der Waals surface area contributed by atoms with Crippen molar-refractivity contribution in [2.45, 2.75) is 30.8 Å². The molecule has 3 fully saturated rings. The van der Waals surface area contributed by atoms with Crippen molar-refractivity contribution in [1.82, 2.24) is 15.6 Å². The summed E-state index contributed by atoms with van der Waals surface area (Å²) in [7, 11) is 0. The number of H-pyrrole nitrogens is 1. The third-order valence-electron chi connectivity index (χ3n) is 6.81. The molecule has 0 atom stereocenters. The van der Waals surface area contributed by atoms with Crippen LogP contribution in [0.2, 0.25) is 0 Å². The first-order valence-electron chi connectivity index (χ1n) is 11.0. The van der Waals surface area contributed by atoms with Crippen molar-refractivity contribution in [2.75, 3.05) is 0 Å². The highest BCUT2D eigenvalue weighted by Crippen LogP contribution is 2.67. The second-order valence-electron chi connectivity index (χ2n) is 9.20. The number of pyridine rings is 1. The van der Waals surface area contributed by atoms with Gasteiger partial charge in [0.05, 0.1) is 11.5 Å². The molecular formula is C26H23N3O5. The Morgan fingerprint density at radius 3 is 1.94 bits per heavy atom. The van der Waals surface area contributed by atoms with Crippen LogP contribution in [0.15, 0.2) is 77.7 Å². The molecule has 172 valence electrons. The van der Waals surface area contributed by atoms with E-state index in [2.05, 4.69) is 15.6 Å². The minimum Gasteiger partial charge on any atom is -0.481 e. The molecule has 0 spiro atoms. The summed E-state index contributed by atoms with van der Waals surface area (Å²) in [6.45, 7) is 0. The number of amides is 2. The largest absolute Gasteiger partial charge is 0.481 e. The van der Waals surface area contributed by atoms with E-state index in [-0.39, 0.29) is 11.3 Å². The van der Waals surface area contributed by atoms with Crippen molar-refractivity contribution in [3.05, 3.63) is 106 Å². The van der Waals surface area contributed by atoms with Crippen LogP contribution in [-0.2, 0) is 4.79 Å². The zero-order chi connectivity index (χ0) is 23.9. The SMILES string of the molecule is O=C(NC12CC(C(=O)O)(C1)C2)c1cc(=O)c(C(=O)NC(c2ccccc2)c2ccccc2)c[nH]1. The minimum absolute atomic E-state index is 0.0262. The molecule has 1 aromatic heterocycles. The number of carboxylic acid groups (broad SMARTS) is 1. The van der Waals surface area contributed by atoms with E-state index >= 15 is 0 Å². The van der Waals surface area contributed by atoms with Gasteiger partial charge in [-0.25, -0.2) is 0 Å². The molecule has 3 aliphatic rings. The van der Waals surface area contributed by atoms with E-state index < -0.39 is 40.2 Å². The summed E-state index contributed by atoms with van der Waals surface area (Å²) >= 11 is 0. The Bertz CT molecular complexity index is 1270. The molecule has 8 heteroatoms. The lowest BCUT2D eigenvalue weighted by Gasteiger charge is -2.67. The Labute approximate surface area is 195 Å². The molecule has 3 aromatic rings. The van der Waals surface area contributed by atoms with E-state index in [1.165, 1.54) is 6.20 Å². The van der Waals surface area contributed by atoms with Crippen LogP contribution in [0.5, 0.6) is 0 Å². The average Bonchev–Trinajstić information content (AvgIpc) is 2.79. The van der Waals surface area contributed by atoms with Crippen LogP contribution in [0.3, 0.4) is 0 Å². The molecule has 2 aromatic carbocycles. The normalized spacial score (nSPS) is 22.3. The first-order chi connectivity index (χ1) is 16.3. The molecule has 2 bridgehead atoms. The van der Waals surface area contributed by atoms with Gasteiger partial charge in [0.15, 0.2) is 5.43 Å². The van der Waals surface area contributed by atoms with Crippen molar-refractivity contribution >= 4 is 17.8 Å². The van der Waals surface area contributed by atoms with Gasteiger partial charge in [-0.2, -0.15) is 0 Å². The third-order valence-corrected chi connectivity index (χ3v) is 6.81. The van der Waals surface area contributed by atoms with Gasteiger partial charge in [0.2, 0.25) is 0 Å². The maximum absolute atomic E-state index is 13.0. The molecular weight excluding hydrogens is 434 g/mol. The fourth-order valence-electron chi connectivity index (χ4n) is 5.09. The van der Waals surface area contributed by atoms with E-state index in [1.54, 1.807) is 0 Å². The molecule has 1 heterocycles. The fourth-order valence-corrected chi connectivity index (χ4v) is 5.09. The van der Waals surface area contributed by atoms with Gasteiger partial charge in [0.25, 0.3) is 11.8 Å². The lowest BCUT2D eigenvalue weighted by atomic mass is 9.39. The number of aromatic nitrogens is 1. The molecule has 3 saturated carbocycles. The maximum atomic E-state index is 13.0. The molecule has 0 saturated heterocycles. The Morgan fingerprint density at radius 2 is 1.44 bits per heavy atom. The van der Waals surface area contributed by atoms with Crippen LogP contribution in [0.4, 0.5) is 0 Å². The van der Waals surface area contributed by atoms with Gasteiger partial charge < -0.3 is 20.7 Å². The lowest BCUT2D eigenvalue weighted by molar-refractivity contribution is -0.196. The molecule has 3 aliphatic carbocycles. The molecule has 2 amide bonds. The van der Waals surface area contributed by atoms with Crippen molar-refractivity contribution < 1.29 is 19.5 Å². The van der Waals surface area contributed by atoms with E-state index in [1.807, 2.05) is 60.7 Å². The van der Waals surface area contributed by atoms with Gasteiger partial charge in [-0.3, -0.25) is 19.2 Å². The summed E-state index contributed by atoms with van der Waals surface area (Å²) < 4.78 is 0. The summed E-state index contributed by atoms with van der Waals surface area (Å²) in [5.41, 5.74) is -0.153. The molecule has 0 aliphatic heterocycles. The number of hydrogen-bond acceptors (Lipinski definition) is 4. The monoisotopic (exact) mass is 457 g/mol. The Morgan fingerprint density at radius 1 is 0.882 bits per heavy atom. The number of benzene rings is 2. The van der Waals surface area contributed by atoms with Crippen LogP contribution in [-0.4, -0.2) is 33.4 Å². The van der Waals surface area contributed by atoms with E-state index in [0.29, 0.717) is 19.3 Å². The van der Waals surface area contributed by atoms with E-state index in [4.69, 9.17) is 0 Å². The first kappa shape index (κ1) is 21.6. The van der Waals surface area contributed by atoms with Crippen molar-refractivity contribution in [1.29, 1.82) is 0 Å². The first-order valence-corrected chi connectivity index (χ1v) is 11.0. The molecule has 6 rings (SSSR count). The van der Waals surface area contributed by atoms with E-state index in [0.717, 1.165) is 17.2 Å². The number of carboxylic acids is 1. The molecule has 8 nitrogen and oxygen atoms in total. The Kier molecular flexibility index (Phi) is 5.08. The maximum Gasteiger partial charge on any atom is 0.309 e. The van der Waals surface area contributed by atoms with Crippen molar-refractivity contribution in [3.63, 3.8) is 0 Å². The van der Waals surface area contributed by atoms with Crippen molar-refractivity contribution in [2.24, 2.45) is 5.41 Å². The number of nitrogens with one attached hydrogen (secondary N) is 3. The molecule has 34 heavy (non-hydrogen) atoms. The second kappa shape index (κ2) is 7.98. The summed E-state index contributed by atoms with van der Waals surface area (Å²) in [5.74, 6) is -1.89. The minimum atomic E-state index is -0.836. The quantitative estimate of drug-likeness (QED) is 0.434. The fraction of sp³-hybridized carbons (Fsp3) is 0.231. The van der Waals surface area contributed by atoms with Crippen LogP contribution < -0.4 is 16.1 Å². The predicted molar refractivity (Wildman–Crippen MR) is 123 cm³/mol. The summed E-state index contributed by atoms with van der Waals surface area (Å²) in [4.78, 5) is 52.3. The summed E-state index contributed by atoms with van der Waals surface area (Å²) in [6.07, 6.45) is 2.42. The average molecular weight is 457 g/mol. The summed E-state index contributed by atoms with van der Waals surface area (Å²) in [5, 5.41) is 15.0. The third kappa shape index (κ3) is 3.67. The van der Waals surface area contributed by atoms with Gasteiger partial charge in [0.1, 0.15) is 11.3 Å². The number of aliphatic carboxylic acids is 1. The Balaban J connectivity index is 1.31. The highest BCUT2D eigenvalue weighted by molar-refractivity contribution is 5.97. The van der Waals surface area contributed by atoms with Gasteiger partial charge >= 0.3 is 5.97 Å². The molecule has 4 N–H and O–H groups in total. The standard InChI is InChI=1S/C26H23N3O5/c30-20-11-19(23(32)29-26-13-25(14-26,15-26)24(33)34)27-12-18(20)22(31)28-21(16-7-3-1-4-8-16)17-9-5-2-6-10-17/h1-12,21H,13-15H2,(H,27,30)(H,28,31)(H,29,32)(H,33,34). The highest BCUT2D eigenvalue weighted by atomic mass is 16.4. The van der Waals surface area contributed by atoms with Crippen LogP contribution in [0.1, 0.15) is 57.3 Å². The van der Waals surface area contributed by atoms with Gasteiger partial charge in [-0.15, -0.1) is 0 Å². The Hall–Kier alpha value is -4.20. The number of carbonyl (C=O) groups is 3. The zero-order valence-electron chi connectivity index (χ0n) is 18.2. The van der Waals surface area contributed by atoms with Crippen LogP contribution in [0.25, 0.3) is 0 Å². The molecule has 0 radical (unpaired) electrons. The van der Waals surface area contributed by atoms with Crippen LogP contribution in [0, 0.1) is 5.41 Å². The number of carbonyl (C=O) groups excluding carboxylic acids is 2. The predicted octanol–water partition coefficient (Wildman–Crippen LogP) is 2.63.